The lowest BCUT2D eigenvalue weighted by Gasteiger charge is -1.98. The second kappa shape index (κ2) is 5.32. The smallest absolute Gasteiger partial charge is 0.273 e. The van der Waals surface area contributed by atoms with Gasteiger partial charge in [-0.05, 0) is 22.0 Å². The van der Waals surface area contributed by atoms with Crippen LogP contribution in [0, 0.1) is 0 Å². The van der Waals surface area contributed by atoms with Gasteiger partial charge in [-0.25, -0.2) is 4.98 Å². The van der Waals surface area contributed by atoms with E-state index in [1.54, 1.807) is 17.6 Å². The van der Waals surface area contributed by atoms with Crippen molar-refractivity contribution < 1.29 is 9.59 Å². The second-order valence-electron chi connectivity index (χ2n) is 3.47. The van der Waals surface area contributed by atoms with Crippen LogP contribution in [0.5, 0.6) is 0 Å². The number of halogens is 1. The third kappa shape index (κ3) is 3.17. The molecule has 2 amide bonds. The van der Waals surface area contributed by atoms with Crippen molar-refractivity contribution in [3.63, 3.8) is 0 Å². The van der Waals surface area contributed by atoms with Crippen LogP contribution in [0.4, 0.5) is 5.13 Å². The number of carbonyl (C=O) groups is 2. The standard InChI is InChI=1S/C10H9BrN4O2S/c11-5-1-7(13-3-5)9(17)15-10-14-6(4-18-10)2-8(12)16/h1,3-4,13H,2H2,(H2,12,16)(H,14,15,17). The van der Waals surface area contributed by atoms with Gasteiger partial charge < -0.3 is 10.7 Å². The number of nitrogens with two attached hydrogens (primary N) is 1. The Morgan fingerprint density at radius 2 is 2.33 bits per heavy atom. The summed E-state index contributed by atoms with van der Waals surface area (Å²) in [5, 5.41) is 4.75. The average Bonchev–Trinajstić information content (AvgIpc) is 2.87. The number of aromatic amines is 1. The van der Waals surface area contributed by atoms with Gasteiger partial charge in [-0.2, -0.15) is 0 Å². The molecule has 2 rings (SSSR count). The van der Waals surface area contributed by atoms with Crippen LogP contribution >= 0.6 is 27.3 Å². The lowest BCUT2D eigenvalue weighted by molar-refractivity contribution is -0.117. The topological polar surface area (TPSA) is 101 Å². The number of amides is 2. The number of carbonyl (C=O) groups excluding carboxylic acids is 2. The molecule has 2 aromatic rings. The number of nitrogens with one attached hydrogen (secondary N) is 2. The number of hydrogen-bond donors (Lipinski definition) is 3. The van der Waals surface area contributed by atoms with Crippen molar-refractivity contribution in [2.45, 2.75) is 6.42 Å². The molecule has 8 heteroatoms. The summed E-state index contributed by atoms with van der Waals surface area (Å²) >= 11 is 4.49. The molecule has 0 atom stereocenters. The van der Waals surface area contributed by atoms with E-state index in [-0.39, 0.29) is 12.3 Å². The summed E-state index contributed by atoms with van der Waals surface area (Å²) in [5.74, 6) is -0.743. The molecule has 0 aliphatic rings. The zero-order valence-electron chi connectivity index (χ0n) is 9.07. The molecule has 18 heavy (non-hydrogen) atoms. The Hall–Kier alpha value is -1.67. The molecule has 0 bridgehead atoms. The molecule has 0 saturated heterocycles. The minimum atomic E-state index is -0.452. The molecule has 6 nitrogen and oxygen atoms in total. The van der Waals surface area contributed by atoms with Crippen LogP contribution < -0.4 is 11.1 Å². The summed E-state index contributed by atoms with van der Waals surface area (Å²) in [6.07, 6.45) is 1.73. The van der Waals surface area contributed by atoms with E-state index in [2.05, 4.69) is 31.2 Å². The first-order valence-electron chi connectivity index (χ1n) is 4.92. The molecule has 2 heterocycles. The molecule has 94 valence electrons. The summed E-state index contributed by atoms with van der Waals surface area (Å²) in [6.45, 7) is 0. The van der Waals surface area contributed by atoms with E-state index in [4.69, 9.17) is 5.73 Å². The van der Waals surface area contributed by atoms with Gasteiger partial charge in [0.2, 0.25) is 5.91 Å². The molecule has 0 saturated carbocycles. The zero-order chi connectivity index (χ0) is 13.1. The van der Waals surface area contributed by atoms with Gasteiger partial charge in [-0.1, -0.05) is 0 Å². The Labute approximate surface area is 115 Å². The number of H-pyrrole nitrogens is 1. The second-order valence-corrected chi connectivity index (χ2v) is 5.25. The van der Waals surface area contributed by atoms with E-state index in [1.165, 1.54) is 11.3 Å². The van der Waals surface area contributed by atoms with E-state index < -0.39 is 5.91 Å². The predicted octanol–water partition coefficient (Wildman–Crippen LogP) is 1.51. The molecule has 0 aliphatic carbocycles. The van der Waals surface area contributed by atoms with Crippen LogP contribution in [0.25, 0.3) is 0 Å². The molecule has 0 fully saturated rings. The number of anilines is 1. The predicted molar refractivity (Wildman–Crippen MR) is 71.5 cm³/mol. The SMILES string of the molecule is NC(=O)Cc1csc(NC(=O)c2cc(Br)c[nH]2)n1. The Kier molecular flexibility index (Phi) is 3.78. The van der Waals surface area contributed by atoms with Gasteiger partial charge in [0.05, 0.1) is 12.1 Å². The van der Waals surface area contributed by atoms with Gasteiger partial charge in [-0.15, -0.1) is 11.3 Å². The van der Waals surface area contributed by atoms with Crippen LogP contribution in [0.15, 0.2) is 22.1 Å². The minimum Gasteiger partial charge on any atom is -0.369 e. The molecule has 0 aromatic carbocycles. The average molecular weight is 329 g/mol. The molecule has 0 aliphatic heterocycles. The van der Waals surface area contributed by atoms with Gasteiger partial charge in [0.1, 0.15) is 5.69 Å². The van der Waals surface area contributed by atoms with Gasteiger partial charge >= 0.3 is 0 Å². The monoisotopic (exact) mass is 328 g/mol. The van der Waals surface area contributed by atoms with Crippen LogP contribution in [0.3, 0.4) is 0 Å². The number of nitrogens with zero attached hydrogens (tertiary/aromatic N) is 1. The highest BCUT2D eigenvalue weighted by atomic mass is 79.9. The molecule has 4 N–H and O–H groups in total. The van der Waals surface area contributed by atoms with Crippen molar-refractivity contribution in [1.29, 1.82) is 0 Å². The first-order valence-corrected chi connectivity index (χ1v) is 6.60. The van der Waals surface area contributed by atoms with Crippen molar-refractivity contribution in [3.8, 4) is 0 Å². The number of primary amides is 1. The fourth-order valence-corrected chi connectivity index (χ4v) is 2.34. The summed E-state index contributed by atoms with van der Waals surface area (Å²) in [4.78, 5) is 29.4. The summed E-state index contributed by atoms with van der Waals surface area (Å²) in [5.41, 5.74) is 6.03. The Morgan fingerprint density at radius 3 is 2.94 bits per heavy atom. The van der Waals surface area contributed by atoms with Crippen LogP contribution in [0.2, 0.25) is 0 Å². The first kappa shape index (κ1) is 12.8. The summed E-state index contributed by atoms with van der Waals surface area (Å²) < 4.78 is 0.793. The highest BCUT2D eigenvalue weighted by Gasteiger charge is 2.11. The van der Waals surface area contributed by atoms with Gasteiger partial charge in [-0.3, -0.25) is 14.9 Å². The molecule has 2 aromatic heterocycles. The summed E-state index contributed by atoms with van der Waals surface area (Å²) in [6, 6.07) is 1.66. The maximum Gasteiger partial charge on any atom is 0.273 e. The third-order valence-corrected chi connectivity index (χ3v) is 3.28. The van der Waals surface area contributed by atoms with E-state index >= 15 is 0 Å². The van der Waals surface area contributed by atoms with Gasteiger partial charge in [0.25, 0.3) is 5.91 Å². The van der Waals surface area contributed by atoms with Crippen LogP contribution in [0.1, 0.15) is 16.2 Å². The number of aromatic nitrogens is 2. The van der Waals surface area contributed by atoms with Crippen LogP contribution in [-0.2, 0) is 11.2 Å². The molecule has 0 radical (unpaired) electrons. The van der Waals surface area contributed by atoms with Crippen molar-refractivity contribution in [2.24, 2.45) is 5.73 Å². The molecular formula is C10H9BrN4O2S. The maximum absolute atomic E-state index is 11.8. The molecule has 0 unspecified atom stereocenters. The van der Waals surface area contributed by atoms with E-state index in [0.29, 0.717) is 16.5 Å². The lowest BCUT2D eigenvalue weighted by Crippen LogP contribution is -2.14. The number of hydrogen-bond acceptors (Lipinski definition) is 4. The highest BCUT2D eigenvalue weighted by Crippen LogP contribution is 2.17. The van der Waals surface area contributed by atoms with E-state index in [1.807, 2.05) is 0 Å². The van der Waals surface area contributed by atoms with E-state index in [9.17, 15) is 9.59 Å². The molecule has 0 spiro atoms. The third-order valence-electron chi connectivity index (χ3n) is 2.02. The normalized spacial score (nSPS) is 10.3. The zero-order valence-corrected chi connectivity index (χ0v) is 11.5. The highest BCUT2D eigenvalue weighted by molar-refractivity contribution is 9.10. The Morgan fingerprint density at radius 1 is 1.56 bits per heavy atom. The molecular weight excluding hydrogens is 320 g/mol. The quantitative estimate of drug-likeness (QED) is 0.792. The van der Waals surface area contributed by atoms with Crippen molar-refractivity contribution in [2.75, 3.05) is 5.32 Å². The van der Waals surface area contributed by atoms with Gasteiger partial charge in [0, 0.05) is 16.0 Å². The fourth-order valence-electron chi connectivity index (χ4n) is 1.29. The number of rotatable bonds is 4. The summed E-state index contributed by atoms with van der Waals surface area (Å²) in [7, 11) is 0. The van der Waals surface area contributed by atoms with Crippen LogP contribution in [-0.4, -0.2) is 21.8 Å². The lowest BCUT2D eigenvalue weighted by atomic mass is 10.3. The fraction of sp³-hybridized carbons (Fsp3) is 0.100. The van der Waals surface area contributed by atoms with Crippen molar-refractivity contribution >= 4 is 44.2 Å². The minimum absolute atomic E-state index is 0.0699. The number of thiazole rings is 1. The van der Waals surface area contributed by atoms with Gasteiger partial charge in [0.15, 0.2) is 5.13 Å². The Bertz CT molecular complexity index is 592. The maximum atomic E-state index is 11.8. The van der Waals surface area contributed by atoms with E-state index in [0.717, 1.165) is 4.47 Å². The van der Waals surface area contributed by atoms with Crippen molar-refractivity contribution in [1.82, 2.24) is 9.97 Å². The van der Waals surface area contributed by atoms with Crippen molar-refractivity contribution in [3.05, 3.63) is 33.5 Å². The Balaban J connectivity index is 2.03. The largest absolute Gasteiger partial charge is 0.369 e. The first-order chi connectivity index (χ1) is 8.54.